The zero-order valence-corrected chi connectivity index (χ0v) is 10.7. The zero-order valence-electron chi connectivity index (χ0n) is 10.7. The van der Waals surface area contributed by atoms with E-state index in [9.17, 15) is 0 Å². The Labute approximate surface area is 108 Å². The van der Waals surface area contributed by atoms with Gasteiger partial charge in [0.15, 0.2) is 0 Å². The third-order valence-electron chi connectivity index (χ3n) is 2.32. The molecule has 1 rings (SSSR count). The molecule has 5 nitrogen and oxygen atoms in total. The van der Waals surface area contributed by atoms with Crippen molar-refractivity contribution in [2.24, 2.45) is 16.6 Å². The van der Waals surface area contributed by atoms with Crippen LogP contribution in [0.5, 0.6) is 5.75 Å². The Morgan fingerprint density at radius 3 is 2.61 bits per heavy atom. The van der Waals surface area contributed by atoms with Crippen LogP contribution in [0.4, 0.5) is 0 Å². The first kappa shape index (κ1) is 14.0. The van der Waals surface area contributed by atoms with Crippen LogP contribution in [0.25, 0.3) is 0 Å². The number of nitrogens with two attached hydrogens (primary N) is 2. The minimum absolute atomic E-state index is 0.00197. The number of ether oxygens (including phenoxy) is 1. The van der Waals surface area contributed by atoms with Crippen LogP contribution in [0.3, 0.4) is 0 Å². The molecule has 0 aromatic heterocycles. The number of hydrazone groups is 1. The number of nitrogens with zero attached hydrogens (tertiary/aromatic N) is 1. The fourth-order valence-corrected chi connectivity index (χ4v) is 1.38. The average molecular weight is 249 g/mol. The van der Waals surface area contributed by atoms with Gasteiger partial charge in [-0.05, 0) is 30.7 Å². The van der Waals surface area contributed by atoms with E-state index in [2.05, 4.69) is 17.1 Å². The van der Waals surface area contributed by atoms with Crippen molar-refractivity contribution in [3.63, 3.8) is 0 Å². The van der Waals surface area contributed by atoms with Gasteiger partial charge in [-0.1, -0.05) is 19.8 Å². The molecule has 0 fully saturated rings. The summed E-state index contributed by atoms with van der Waals surface area (Å²) in [6, 6.07) is 7.72. The summed E-state index contributed by atoms with van der Waals surface area (Å²) in [5.41, 5.74) is 11.3. The standard InChI is InChI=1S/C13H20N4O/c1-2-3-4-9-18-12-7-5-11(6-8-12)10-16-17-13(14)15/h5-8,10H,2-4,9H2,1H3,(H4,14,15,17)/p+1/b16-10-. The van der Waals surface area contributed by atoms with E-state index in [-0.39, 0.29) is 5.96 Å². The summed E-state index contributed by atoms with van der Waals surface area (Å²) in [5, 5.41) is 6.30. The molecule has 5 N–H and O–H groups in total. The summed E-state index contributed by atoms with van der Waals surface area (Å²) in [6.07, 6.45) is 5.21. The highest BCUT2D eigenvalue weighted by Gasteiger charge is 1.95. The normalized spacial score (nSPS) is 10.5. The molecule has 0 unspecified atom stereocenters. The van der Waals surface area contributed by atoms with Crippen molar-refractivity contribution >= 4 is 12.2 Å². The first-order chi connectivity index (χ1) is 8.72. The van der Waals surface area contributed by atoms with Crippen molar-refractivity contribution in [1.29, 1.82) is 0 Å². The van der Waals surface area contributed by atoms with E-state index < -0.39 is 0 Å². The smallest absolute Gasteiger partial charge is 0.256 e. The van der Waals surface area contributed by atoms with Crippen molar-refractivity contribution in [2.75, 3.05) is 6.61 Å². The van der Waals surface area contributed by atoms with Gasteiger partial charge in [0.1, 0.15) is 5.75 Å². The Kier molecular flexibility index (Phi) is 6.32. The number of hydrogen-bond acceptors (Lipinski definition) is 2. The molecule has 0 aliphatic rings. The first-order valence-electron chi connectivity index (χ1n) is 6.12. The quantitative estimate of drug-likeness (QED) is 0.274. The lowest BCUT2D eigenvalue weighted by molar-refractivity contribution is -0.456. The van der Waals surface area contributed by atoms with E-state index in [1.807, 2.05) is 24.3 Å². The number of hydrogen-bond donors (Lipinski definition) is 3. The van der Waals surface area contributed by atoms with Crippen LogP contribution < -0.4 is 21.3 Å². The molecule has 0 atom stereocenters. The van der Waals surface area contributed by atoms with Crippen molar-refractivity contribution in [3.05, 3.63) is 29.8 Å². The largest absolute Gasteiger partial charge is 0.494 e. The molecule has 0 saturated carbocycles. The van der Waals surface area contributed by atoms with Gasteiger partial charge in [0, 0.05) is 10.7 Å². The van der Waals surface area contributed by atoms with E-state index in [1.54, 1.807) is 6.21 Å². The first-order valence-corrected chi connectivity index (χ1v) is 6.12. The lowest BCUT2D eigenvalue weighted by atomic mass is 10.2. The van der Waals surface area contributed by atoms with Gasteiger partial charge in [-0.15, -0.1) is 5.10 Å². The minimum atomic E-state index is 0.00197. The number of guanidine groups is 1. The Morgan fingerprint density at radius 2 is 2.00 bits per heavy atom. The van der Waals surface area contributed by atoms with Crippen LogP contribution in [0.1, 0.15) is 31.7 Å². The lowest BCUT2D eigenvalue weighted by Gasteiger charge is -2.04. The van der Waals surface area contributed by atoms with Crippen LogP contribution >= 0.6 is 0 Å². The molecule has 0 heterocycles. The molecule has 0 aliphatic carbocycles. The average Bonchev–Trinajstić information content (AvgIpc) is 2.36. The summed E-state index contributed by atoms with van der Waals surface area (Å²) < 4.78 is 5.60. The molecular formula is C13H21N4O+. The van der Waals surface area contributed by atoms with Crippen LogP contribution in [-0.4, -0.2) is 18.8 Å². The predicted molar refractivity (Wildman–Crippen MR) is 73.4 cm³/mol. The van der Waals surface area contributed by atoms with Gasteiger partial charge in [-0.25, -0.2) is 0 Å². The van der Waals surface area contributed by atoms with Crippen LogP contribution in [0.2, 0.25) is 0 Å². The number of benzene rings is 1. The van der Waals surface area contributed by atoms with Crippen molar-refractivity contribution in [1.82, 2.24) is 0 Å². The van der Waals surface area contributed by atoms with E-state index in [1.165, 1.54) is 12.8 Å². The van der Waals surface area contributed by atoms with Crippen molar-refractivity contribution < 1.29 is 9.84 Å². The molecule has 0 radical (unpaired) electrons. The van der Waals surface area contributed by atoms with E-state index in [0.717, 1.165) is 24.3 Å². The summed E-state index contributed by atoms with van der Waals surface area (Å²) in [7, 11) is 0. The fourth-order valence-electron chi connectivity index (χ4n) is 1.38. The van der Waals surface area contributed by atoms with E-state index >= 15 is 0 Å². The summed E-state index contributed by atoms with van der Waals surface area (Å²) >= 11 is 0. The molecule has 98 valence electrons. The molecule has 0 aliphatic heterocycles. The van der Waals surface area contributed by atoms with Crippen molar-refractivity contribution in [3.8, 4) is 5.75 Å². The van der Waals surface area contributed by atoms with Gasteiger partial charge >= 0.3 is 0 Å². The molecule has 0 amide bonds. The Hall–Kier alpha value is -2.04. The third-order valence-corrected chi connectivity index (χ3v) is 2.32. The van der Waals surface area contributed by atoms with E-state index in [0.29, 0.717) is 0 Å². The monoisotopic (exact) mass is 249 g/mol. The fraction of sp³-hybridized carbons (Fsp3) is 0.385. The van der Waals surface area contributed by atoms with Crippen LogP contribution in [-0.2, 0) is 0 Å². The molecule has 18 heavy (non-hydrogen) atoms. The molecule has 0 spiro atoms. The van der Waals surface area contributed by atoms with Crippen LogP contribution in [0, 0.1) is 0 Å². The maximum atomic E-state index is 5.60. The third kappa shape index (κ3) is 5.89. The Balaban J connectivity index is 2.42. The maximum Gasteiger partial charge on any atom is 0.256 e. The highest BCUT2D eigenvalue weighted by atomic mass is 16.5. The molecule has 0 saturated heterocycles. The van der Waals surface area contributed by atoms with Crippen molar-refractivity contribution in [2.45, 2.75) is 26.2 Å². The highest BCUT2D eigenvalue weighted by molar-refractivity contribution is 5.77. The van der Waals surface area contributed by atoms with Gasteiger partial charge in [-0.3, -0.25) is 0 Å². The van der Waals surface area contributed by atoms with Gasteiger partial charge < -0.3 is 16.2 Å². The molecule has 0 bridgehead atoms. The van der Waals surface area contributed by atoms with Gasteiger partial charge in [0.05, 0.1) is 6.61 Å². The number of nitrogens with one attached hydrogen (secondary N) is 1. The molecule has 1 aromatic rings. The number of rotatable bonds is 7. The second kappa shape index (κ2) is 8.11. The zero-order chi connectivity index (χ0) is 13.2. The van der Waals surface area contributed by atoms with Gasteiger partial charge in [0.25, 0.3) is 5.96 Å². The van der Waals surface area contributed by atoms with Crippen LogP contribution in [0.15, 0.2) is 29.4 Å². The van der Waals surface area contributed by atoms with Gasteiger partial charge in [0.2, 0.25) is 6.21 Å². The Bertz CT molecular complexity index is 394. The second-order valence-electron chi connectivity index (χ2n) is 3.93. The minimum Gasteiger partial charge on any atom is -0.494 e. The lowest BCUT2D eigenvalue weighted by Crippen LogP contribution is -2.63. The Morgan fingerprint density at radius 1 is 1.28 bits per heavy atom. The summed E-state index contributed by atoms with van der Waals surface area (Å²) in [4.78, 5) is 0. The SMILES string of the molecule is CCCCCOc1ccc(/C=[NH+]\N=C(N)N)cc1. The maximum absolute atomic E-state index is 5.60. The summed E-state index contributed by atoms with van der Waals surface area (Å²) in [5.74, 6) is 0.882. The van der Waals surface area contributed by atoms with Gasteiger partial charge in [-0.2, -0.15) is 0 Å². The highest BCUT2D eigenvalue weighted by Crippen LogP contribution is 2.11. The predicted octanol–water partition coefficient (Wildman–Crippen LogP) is -0.0565. The summed E-state index contributed by atoms with van der Waals surface area (Å²) in [6.45, 7) is 2.94. The molecular weight excluding hydrogens is 228 g/mol. The molecule has 5 heteroatoms. The van der Waals surface area contributed by atoms with E-state index in [4.69, 9.17) is 16.2 Å². The molecule has 1 aromatic carbocycles. The second-order valence-corrected chi connectivity index (χ2v) is 3.93. The topological polar surface area (TPSA) is 87.6 Å². The number of unbranched alkanes of at least 4 members (excludes halogenated alkanes) is 2.